The van der Waals surface area contributed by atoms with E-state index in [-0.39, 0.29) is 22.8 Å². The number of nitrogens with one attached hydrogen (secondary N) is 1. The average Bonchev–Trinajstić information content (AvgIpc) is 3.25. The highest BCUT2D eigenvalue weighted by Crippen LogP contribution is 2.36. The van der Waals surface area contributed by atoms with Gasteiger partial charge in [0, 0.05) is 5.69 Å². The van der Waals surface area contributed by atoms with Gasteiger partial charge in [0.2, 0.25) is 0 Å². The lowest BCUT2D eigenvalue weighted by molar-refractivity contribution is -0.385. The number of alkyl halides is 3. The van der Waals surface area contributed by atoms with E-state index in [1.165, 1.54) is 23.0 Å². The number of amides is 1. The van der Waals surface area contributed by atoms with E-state index < -0.39 is 27.6 Å². The van der Waals surface area contributed by atoms with Gasteiger partial charge in [-0.2, -0.15) is 18.3 Å². The molecule has 0 radical (unpaired) electrons. The SMILES string of the molecule is O=C(Nc1ccc(Cl)c(C(F)(F)F)c1)c1cc(Cn2cc([N+](=O)[O-])cn2)cs1. The highest BCUT2D eigenvalue weighted by atomic mass is 35.5. The predicted octanol–water partition coefficient (Wildman–Crippen LogP) is 4.83. The molecule has 0 aliphatic carbocycles. The molecule has 0 aliphatic heterocycles. The van der Waals surface area contributed by atoms with Crippen molar-refractivity contribution in [2.24, 2.45) is 0 Å². The monoisotopic (exact) mass is 430 g/mol. The molecule has 0 bridgehead atoms. The van der Waals surface area contributed by atoms with E-state index in [9.17, 15) is 28.1 Å². The van der Waals surface area contributed by atoms with Gasteiger partial charge in [-0.25, -0.2) is 0 Å². The molecule has 0 atom stereocenters. The molecule has 2 aromatic heterocycles. The lowest BCUT2D eigenvalue weighted by atomic mass is 10.2. The fourth-order valence-electron chi connectivity index (χ4n) is 2.31. The minimum absolute atomic E-state index is 0.0422. The minimum atomic E-state index is -4.64. The Balaban J connectivity index is 1.71. The third-order valence-corrected chi connectivity index (χ3v) is 4.89. The number of nitro groups is 1. The Bertz CT molecular complexity index is 1050. The fraction of sp³-hybridized carbons (Fsp3) is 0.125. The number of nitrogens with zero attached hydrogens (tertiary/aromatic N) is 3. The van der Waals surface area contributed by atoms with Crippen molar-refractivity contribution in [3.63, 3.8) is 0 Å². The maximum Gasteiger partial charge on any atom is 0.417 e. The molecule has 3 rings (SSSR count). The molecule has 146 valence electrons. The lowest BCUT2D eigenvalue weighted by Gasteiger charge is -2.11. The average molecular weight is 431 g/mol. The Morgan fingerprint density at radius 2 is 2.11 bits per heavy atom. The molecule has 0 unspecified atom stereocenters. The zero-order valence-corrected chi connectivity index (χ0v) is 15.3. The van der Waals surface area contributed by atoms with Crippen LogP contribution >= 0.6 is 22.9 Å². The lowest BCUT2D eigenvalue weighted by Crippen LogP contribution is -2.12. The highest BCUT2D eigenvalue weighted by molar-refractivity contribution is 7.12. The maximum atomic E-state index is 12.9. The van der Waals surface area contributed by atoms with E-state index in [2.05, 4.69) is 10.4 Å². The molecule has 1 N–H and O–H groups in total. The van der Waals surface area contributed by atoms with Crippen LogP contribution in [0.4, 0.5) is 24.5 Å². The fourth-order valence-corrected chi connectivity index (χ4v) is 3.33. The minimum Gasteiger partial charge on any atom is -0.321 e. The number of benzene rings is 1. The molecule has 0 saturated carbocycles. The van der Waals surface area contributed by atoms with E-state index in [0.29, 0.717) is 5.56 Å². The molecule has 0 spiro atoms. The third kappa shape index (κ3) is 4.49. The summed E-state index contributed by atoms with van der Waals surface area (Å²) in [5.74, 6) is -0.585. The normalized spacial score (nSPS) is 11.4. The molecule has 7 nitrogen and oxygen atoms in total. The van der Waals surface area contributed by atoms with Crippen LogP contribution in [0.3, 0.4) is 0 Å². The Labute approximate surface area is 164 Å². The van der Waals surface area contributed by atoms with Gasteiger partial charge >= 0.3 is 11.9 Å². The topological polar surface area (TPSA) is 90.1 Å². The van der Waals surface area contributed by atoms with Gasteiger partial charge in [-0.05, 0) is 35.2 Å². The number of halogens is 4. The van der Waals surface area contributed by atoms with Crippen molar-refractivity contribution in [2.45, 2.75) is 12.7 Å². The largest absolute Gasteiger partial charge is 0.417 e. The first-order valence-corrected chi connectivity index (χ1v) is 8.81. The first-order valence-electron chi connectivity index (χ1n) is 7.56. The summed E-state index contributed by atoms with van der Waals surface area (Å²) < 4.78 is 40.1. The van der Waals surface area contributed by atoms with Gasteiger partial charge in [-0.15, -0.1) is 11.3 Å². The van der Waals surface area contributed by atoms with Crippen LogP contribution in [0, 0.1) is 10.1 Å². The molecule has 0 fully saturated rings. The quantitative estimate of drug-likeness (QED) is 0.464. The van der Waals surface area contributed by atoms with Gasteiger partial charge < -0.3 is 5.32 Å². The van der Waals surface area contributed by atoms with Crippen LogP contribution in [0.15, 0.2) is 42.0 Å². The Kier molecular flexibility index (Phi) is 5.38. The summed E-state index contributed by atoms with van der Waals surface area (Å²) in [6, 6.07) is 4.63. The number of aromatic nitrogens is 2. The number of thiophene rings is 1. The second-order valence-electron chi connectivity index (χ2n) is 5.62. The molecular formula is C16H10ClF3N4O3S. The van der Waals surface area contributed by atoms with Crippen molar-refractivity contribution >= 4 is 40.2 Å². The van der Waals surface area contributed by atoms with E-state index in [4.69, 9.17) is 11.6 Å². The van der Waals surface area contributed by atoms with Crippen LogP contribution in [-0.2, 0) is 12.7 Å². The zero-order valence-electron chi connectivity index (χ0n) is 13.7. The van der Waals surface area contributed by atoms with Crippen LogP contribution in [0.2, 0.25) is 5.02 Å². The Morgan fingerprint density at radius 1 is 1.36 bits per heavy atom. The van der Waals surface area contributed by atoms with Crippen molar-refractivity contribution < 1.29 is 22.9 Å². The summed E-state index contributed by atoms with van der Waals surface area (Å²) in [4.78, 5) is 22.6. The number of carbonyl (C=O) groups excluding carboxylic acids is 1. The molecule has 28 heavy (non-hydrogen) atoms. The summed E-state index contributed by atoms with van der Waals surface area (Å²) in [5, 5.41) is 18.1. The Morgan fingerprint density at radius 3 is 2.75 bits per heavy atom. The van der Waals surface area contributed by atoms with E-state index >= 15 is 0 Å². The standard InChI is InChI=1S/C16H10ClF3N4O3S/c17-13-2-1-10(4-12(13)16(18,19)20)22-15(25)14-3-9(8-28-14)6-23-7-11(5-21-23)24(26)27/h1-5,7-8H,6H2,(H,22,25). The van der Waals surface area contributed by atoms with Crippen LogP contribution in [0.5, 0.6) is 0 Å². The summed E-state index contributed by atoms with van der Waals surface area (Å²) >= 11 is 6.64. The first-order chi connectivity index (χ1) is 13.1. The zero-order chi connectivity index (χ0) is 20.5. The van der Waals surface area contributed by atoms with Crippen molar-refractivity contribution in [1.82, 2.24) is 9.78 Å². The van der Waals surface area contributed by atoms with Gasteiger partial charge in [0.15, 0.2) is 0 Å². The molecule has 1 amide bonds. The van der Waals surface area contributed by atoms with Crippen LogP contribution < -0.4 is 5.32 Å². The number of hydrogen-bond donors (Lipinski definition) is 1. The van der Waals surface area contributed by atoms with Crippen molar-refractivity contribution in [3.8, 4) is 0 Å². The highest BCUT2D eigenvalue weighted by Gasteiger charge is 2.33. The van der Waals surface area contributed by atoms with Gasteiger partial charge in [-0.1, -0.05) is 11.6 Å². The van der Waals surface area contributed by atoms with E-state index in [1.54, 1.807) is 5.38 Å². The molecular weight excluding hydrogens is 421 g/mol. The molecule has 0 saturated heterocycles. The molecule has 1 aromatic carbocycles. The van der Waals surface area contributed by atoms with Crippen LogP contribution in [0.25, 0.3) is 0 Å². The van der Waals surface area contributed by atoms with Gasteiger partial charge in [-0.3, -0.25) is 19.6 Å². The van der Waals surface area contributed by atoms with Crippen molar-refractivity contribution in [1.29, 1.82) is 0 Å². The van der Waals surface area contributed by atoms with Crippen LogP contribution in [0.1, 0.15) is 20.8 Å². The summed E-state index contributed by atoms with van der Waals surface area (Å²) in [7, 11) is 0. The van der Waals surface area contributed by atoms with E-state index in [1.807, 2.05) is 0 Å². The van der Waals surface area contributed by atoms with Crippen LogP contribution in [-0.4, -0.2) is 20.6 Å². The molecule has 3 aromatic rings. The number of hydrogen-bond acceptors (Lipinski definition) is 5. The van der Waals surface area contributed by atoms with Crippen molar-refractivity contribution in [2.75, 3.05) is 5.32 Å². The van der Waals surface area contributed by atoms with Gasteiger partial charge in [0.1, 0.15) is 12.4 Å². The predicted molar refractivity (Wildman–Crippen MR) is 96.7 cm³/mol. The maximum absolute atomic E-state index is 12.9. The van der Waals surface area contributed by atoms with E-state index in [0.717, 1.165) is 29.7 Å². The number of rotatable bonds is 5. The summed E-state index contributed by atoms with van der Waals surface area (Å²) in [6.07, 6.45) is -2.27. The number of carbonyl (C=O) groups is 1. The summed E-state index contributed by atoms with van der Waals surface area (Å²) in [5.41, 5.74) is -0.574. The smallest absolute Gasteiger partial charge is 0.321 e. The van der Waals surface area contributed by atoms with Crippen molar-refractivity contribution in [3.05, 3.63) is 73.2 Å². The van der Waals surface area contributed by atoms with Gasteiger partial charge in [0.25, 0.3) is 5.91 Å². The first kappa shape index (κ1) is 19.8. The van der Waals surface area contributed by atoms with Gasteiger partial charge in [0.05, 0.1) is 26.9 Å². The molecule has 2 heterocycles. The molecule has 12 heteroatoms. The molecule has 0 aliphatic rings. The second-order valence-corrected chi connectivity index (χ2v) is 6.94. The Hall–Kier alpha value is -2.92. The number of anilines is 1. The summed E-state index contributed by atoms with van der Waals surface area (Å²) in [6.45, 7) is 0.205. The second kappa shape index (κ2) is 7.60. The third-order valence-electron chi connectivity index (χ3n) is 3.58.